The summed E-state index contributed by atoms with van der Waals surface area (Å²) in [5.74, 6) is -0.516. The maximum atomic E-state index is 13.2. The van der Waals surface area contributed by atoms with E-state index in [1.165, 1.54) is 17.7 Å². The van der Waals surface area contributed by atoms with Crippen LogP contribution in [0.2, 0.25) is 0 Å². The Balaban J connectivity index is 1.94. The third-order valence-corrected chi connectivity index (χ3v) is 3.11. The first-order valence-electron chi connectivity index (χ1n) is 6.56. The van der Waals surface area contributed by atoms with E-state index in [1.807, 2.05) is 12.1 Å². The van der Waals surface area contributed by atoms with Crippen LogP contribution in [0.5, 0.6) is 0 Å². The second-order valence-corrected chi connectivity index (χ2v) is 4.57. The molecule has 0 amide bonds. The average Bonchev–Trinajstić information content (AvgIpc) is 2.53. The van der Waals surface area contributed by atoms with Gasteiger partial charge >= 0.3 is 0 Å². The molecule has 0 radical (unpaired) electrons. The van der Waals surface area contributed by atoms with E-state index in [0.29, 0.717) is 12.1 Å². The normalized spacial score (nSPS) is 11.6. The number of aromatic nitrogens is 1. The van der Waals surface area contributed by atoms with Gasteiger partial charge in [-0.15, -0.1) is 0 Å². The molecule has 0 unspecified atom stereocenters. The van der Waals surface area contributed by atoms with Crippen LogP contribution in [0.15, 0.2) is 47.9 Å². The van der Waals surface area contributed by atoms with Gasteiger partial charge in [-0.3, -0.25) is 4.98 Å². The van der Waals surface area contributed by atoms with Crippen molar-refractivity contribution in [3.8, 4) is 0 Å². The highest BCUT2D eigenvalue weighted by Crippen LogP contribution is 2.11. The summed E-state index contributed by atoms with van der Waals surface area (Å²) in [6.45, 7) is 1.27. The smallest absolute Gasteiger partial charge is 0.170 e. The fraction of sp³-hybridized carbons (Fsp3) is 0.200. The number of hydrogen-bond donors (Lipinski definition) is 3. The highest BCUT2D eigenvalue weighted by Gasteiger charge is 2.08. The highest BCUT2D eigenvalue weighted by molar-refractivity contribution is 5.98. The van der Waals surface area contributed by atoms with Gasteiger partial charge in [0.25, 0.3) is 0 Å². The monoisotopic (exact) mass is 288 g/mol. The van der Waals surface area contributed by atoms with E-state index in [0.717, 1.165) is 18.5 Å². The van der Waals surface area contributed by atoms with Crippen LogP contribution in [0.25, 0.3) is 0 Å². The Labute approximate surface area is 122 Å². The molecule has 110 valence electrons. The van der Waals surface area contributed by atoms with Gasteiger partial charge in [0.15, 0.2) is 5.84 Å². The van der Waals surface area contributed by atoms with Crippen LogP contribution in [0.1, 0.15) is 16.7 Å². The zero-order chi connectivity index (χ0) is 15.1. The third kappa shape index (κ3) is 4.25. The summed E-state index contributed by atoms with van der Waals surface area (Å²) >= 11 is 0. The van der Waals surface area contributed by atoms with Crippen molar-refractivity contribution in [3.05, 3.63) is 65.2 Å². The minimum atomic E-state index is -0.419. The molecule has 1 heterocycles. The molecular formula is C15H17FN4O. The average molecular weight is 288 g/mol. The number of rotatable bonds is 6. The Morgan fingerprint density at radius 1 is 1.29 bits per heavy atom. The topological polar surface area (TPSA) is 83.5 Å². The minimum absolute atomic E-state index is 0.0968. The molecule has 6 heteroatoms. The number of halogens is 1. The van der Waals surface area contributed by atoms with Gasteiger partial charge in [-0.05, 0) is 48.4 Å². The van der Waals surface area contributed by atoms with Crippen molar-refractivity contribution in [2.45, 2.75) is 13.0 Å². The Hall–Kier alpha value is -2.47. The van der Waals surface area contributed by atoms with Crippen LogP contribution in [-0.4, -0.2) is 22.6 Å². The first-order valence-corrected chi connectivity index (χ1v) is 6.56. The van der Waals surface area contributed by atoms with Gasteiger partial charge in [0.2, 0.25) is 0 Å². The molecule has 1 aromatic heterocycles. The zero-order valence-corrected chi connectivity index (χ0v) is 11.5. The Bertz CT molecular complexity index is 616. The maximum Gasteiger partial charge on any atom is 0.170 e. The van der Waals surface area contributed by atoms with E-state index < -0.39 is 5.82 Å². The van der Waals surface area contributed by atoms with Gasteiger partial charge in [-0.1, -0.05) is 11.2 Å². The van der Waals surface area contributed by atoms with Gasteiger partial charge < -0.3 is 16.3 Å². The lowest BCUT2D eigenvalue weighted by atomic mass is 10.1. The molecule has 0 bridgehead atoms. The molecule has 0 aliphatic heterocycles. The van der Waals surface area contributed by atoms with E-state index in [9.17, 15) is 4.39 Å². The summed E-state index contributed by atoms with van der Waals surface area (Å²) < 4.78 is 13.2. The quantitative estimate of drug-likeness (QED) is 0.248. The largest absolute Gasteiger partial charge is 0.409 e. The number of pyridine rings is 1. The van der Waals surface area contributed by atoms with Crippen molar-refractivity contribution in [2.24, 2.45) is 10.9 Å². The van der Waals surface area contributed by atoms with Crippen LogP contribution in [-0.2, 0) is 13.0 Å². The molecule has 0 aliphatic rings. The first-order chi connectivity index (χ1) is 10.2. The molecule has 0 saturated heterocycles. The standard InChI is InChI=1S/C15H17FN4O/c16-13-2-1-12(14(9-13)15(17)20-21)10-19-8-5-11-3-6-18-7-4-11/h1-4,6-7,9,19,21H,5,8,10H2,(H2,17,20). The second-order valence-electron chi connectivity index (χ2n) is 4.57. The van der Waals surface area contributed by atoms with Crippen molar-refractivity contribution >= 4 is 5.84 Å². The summed E-state index contributed by atoms with van der Waals surface area (Å²) in [4.78, 5) is 3.96. The SMILES string of the molecule is NC(=NO)c1cc(F)ccc1CNCCc1ccncc1. The van der Waals surface area contributed by atoms with Crippen LogP contribution >= 0.6 is 0 Å². The first kappa shape index (κ1) is 14.9. The Kier molecular flexibility index (Phi) is 5.22. The second kappa shape index (κ2) is 7.35. The van der Waals surface area contributed by atoms with Gasteiger partial charge in [-0.25, -0.2) is 4.39 Å². The van der Waals surface area contributed by atoms with Crippen LogP contribution in [0.4, 0.5) is 4.39 Å². The van der Waals surface area contributed by atoms with Gasteiger partial charge in [-0.2, -0.15) is 0 Å². The number of hydrogen-bond acceptors (Lipinski definition) is 4. The van der Waals surface area contributed by atoms with Gasteiger partial charge in [0, 0.05) is 24.5 Å². The summed E-state index contributed by atoms with van der Waals surface area (Å²) in [7, 11) is 0. The fourth-order valence-corrected chi connectivity index (χ4v) is 2.00. The van der Waals surface area contributed by atoms with E-state index in [1.54, 1.807) is 18.5 Å². The van der Waals surface area contributed by atoms with Gasteiger partial charge in [0.1, 0.15) is 5.82 Å². The number of amidine groups is 1. The molecule has 0 aliphatic carbocycles. The number of nitrogens with one attached hydrogen (secondary N) is 1. The van der Waals surface area contributed by atoms with Crippen LogP contribution in [0.3, 0.4) is 0 Å². The molecular weight excluding hydrogens is 271 g/mol. The zero-order valence-electron chi connectivity index (χ0n) is 11.5. The summed E-state index contributed by atoms with van der Waals surface area (Å²) in [5, 5.41) is 14.9. The number of oxime groups is 1. The Morgan fingerprint density at radius 2 is 2.05 bits per heavy atom. The Morgan fingerprint density at radius 3 is 2.76 bits per heavy atom. The highest BCUT2D eigenvalue weighted by atomic mass is 19.1. The van der Waals surface area contributed by atoms with Crippen LogP contribution < -0.4 is 11.1 Å². The number of nitrogens with zero attached hydrogens (tertiary/aromatic N) is 2. The lowest BCUT2D eigenvalue weighted by Gasteiger charge is -2.10. The third-order valence-electron chi connectivity index (χ3n) is 3.11. The lowest BCUT2D eigenvalue weighted by molar-refractivity contribution is 0.318. The van der Waals surface area contributed by atoms with E-state index >= 15 is 0 Å². The van der Waals surface area contributed by atoms with Gasteiger partial charge in [0.05, 0.1) is 0 Å². The predicted molar refractivity (Wildman–Crippen MR) is 78.6 cm³/mol. The molecule has 21 heavy (non-hydrogen) atoms. The molecule has 2 rings (SSSR count). The van der Waals surface area contributed by atoms with Crippen molar-refractivity contribution < 1.29 is 9.60 Å². The fourth-order valence-electron chi connectivity index (χ4n) is 2.00. The van der Waals surface area contributed by atoms with E-state index in [2.05, 4.69) is 15.5 Å². The molecule has 0 saturated carbocycles. The van der Waals surface area contributed by atoms with Crippen molar-refractivity contribution in [1.29, 1.82) is 0 Å². The summed E-state index contributed by atoms with van der Waals surface area (Å²) in [6, 6.07) is 8.16. The molecule has 0 spiro atoms. The van der Waals surface area contributed by atoms with E-state index in [4.69, 9.17) is 10.9 Å². The molecule has 4 N–H and O–H groups in total. The van der Waals surface area contributed by atoms with Crippen molar-refractivity contribution in [1.82, 2.24) is 10.3 Å². The maximum absolute atomic E-state index is 13.2. The molecule has 0 fully saturated rings. The summed E-state index contributed by atoms with van der Waals surface area (Å²) in [6.07, 6.45) is 4.38. The molecule has 1 aromatic carbocycles. The van der Waals surface area contributed by atoms with Crippen molar-refractivity contribution in [2.75, 3.05) is 6.54 Å². The predicted octanol–water partition coefficient (Wildman–Crippen LogP) is 1.65. The molecule has 5 nitrogen and oxygen atoms in total. The van der Waals surface area contributed by atoms with E-state index in [-0.39, 0.29) is 5.84 Å². The number of nitrogens with two attached hydrogens (primary N) is 1. The lowest BCUT2D eigenvalue weighted by Crippen LogP contribution is -2.21. The van der Waals surface area contributed by atoms with Crippen LogP contribution in [0, 0.1) is 5.82 Å². The van der Waals surface area contributed by atoms with Crippen molar-refractivity contribution in [3.63, 3.8) is 0 Å². The number of benzene rings is 1. The summed E-state index contributed by atoms with van der Waals surface area (Å²) in [5.41, 5.74) is 7.92. The molecule has 0 atom stereocenters. The molecule has 2 aromatic rings. The minimum Gasteiger partial charge on any atom is -0.409 e.